The van der Waals surface area contributed by atoms with E-state index in [1.807, 2.05) is 19.0 Å². The number of halogens is 2. The van der Waals surface area contributed by atoms with E-state index in [-0.39, 0.29) is 0 Å². The molecule has 0 saturated heterocycles. The first kappa shape index (κ1) is 15.4. The molecule has 0 aromatic heterocycles. The molecule has 0 spiro atoms. The number of likely N-dealkylation sites (N-methyl/N-ethyl adjacent to an activating group) is 1. The second kappa shape index (κ2) is 7.09. The fourth-order valence-corrected chi connectivity index (χ4v) is 2.19. The lowest BCUT2D eigenvalue weighted by molar-refractivity contribution is -0.120. The standard InChI is InChI=1S/C12H17BrClN3O/c1-17(2)6-5-16-11(12(15)18)9-7-8(14)3-4-10(9)13/h3-4,7,11,16H,5-6H2,1-2H3,(H2,15,18). The van der Waals surface area contributed by atoms with Crippen molar-refractivity contribution in [3.63, 3.8) is 0 Å². The second-order valence-corrected chi connectivity index (χ2v) is 5.55. The van der Waals surface area contributed by atoms with Crippen LogP contribution in [-0.2, 0) is 4.79 Å². The predicted octanol–water partition coefficient (Wildman–Crippen LogP) is 1.78. The first-order chi connectivity index (χ1) is 8.41. The highest BCUT2D eigenvalue weighted by molar-refractivity contribution is 9.10. The Labute approximate surface area is 121 Å². The van der Waals surface area contributed by atoms with E-state index in [1.54, 1.807) is 18.2 Å². The minimum Gasteiger partial charge on any atom is -0.368 e. The molecule has 0 bridgehead atoms. The van der Waals surface area contributed by atoms with Crippen LogP contribution in [0.5, 0.6) is 0 Å². The van der Waals surface area contributed by atoms with Crippen molar-refractivity contribution in [1.82, 2.24) is 10.2 Å². The van der Waals surface area contributed by atoms with Crippen LogP contribution in [0.15, 0.2) is 22.7 Å². The van der Waals surface area contributed by atoms with Gasteiger partial charge >= 0.3 is 0 Å². The quantitative estimate of drug-likeness (QED) is 0.834. The summed E-state index contributed by atoms with van der Waals surface area (Å²) < 4.78 is 0.813. The highest BCUT2D eigenvalue weighted by Gasteiger charge is 2.19. The van der Waals surface area contributed by atoms with Crippen molar-refractivity contribution >= 4 is 33.4 Å². The van der Waals surface area contributed by atoms with E-state index in [4.69, 9.17) is 17.3 Å². The fraction of sp³-hybridized carbons (Fsp3) is 0.417. The minimum absolute atomic E-state index is 0.420. The van der Waals surface area contributed by atoms with E-state index in [1.165, 1.54) is 0 Å². The molecule has 0 fully saturated rings. The number of nitrogens with one attached hydrogen (secondary N) is 1. The summed E-state index contributed by atoms with van der Waals surface area (Å²) in [5, 5.41) is 3.71. The van der Waals surface area contributed by atoms with Gasteiger partial charge in [-0.3, -0.25) is 4.79 Å². The van der Waals surface area contributed by atoms with Gasteiger partial charge in [0.05, 0.1) is 0 Å². The Bertz CT molecular complexity index is 426. The zero-order valence-corrected chi connectivity index (χ0v) is 12.8. The van der Waals surface area contributed by atoms with Crippen molar-refractivity contribution in [3.05, 3.63) is 33.3 Å². The van der Waals surface area contributed by atoms with Crippen LogP contribution in [0.25, 0.3) is 0 Å². The molecule has 0 heterocycles. The molecule has 1 aromatic rings. The Morgan fingerprint density at radius 3 is 2.78 bits per heavy atom. The van der Waals surface area contributed by atoms with E-state index in [0.717, 1.165) is 16.6 Å². The lowest BCUT2D eigenvalue weighted by Crippen LogP contribution is -2.37. The van der Waals surface area contributed by atoms with Gasteiger partial charge in [0.25, 0.3) is 0 Å². The van der Waals surface area contributed by atoms with Gasteiger partial charge in [0.15, 0.2) is 0 Å². The summed E-state index contributed by atoms with van der Waals surface area (Å²) in [6.07, 6.45) is 0. The maximum atomic E-state index is 11.5. The number of hydrogen-bond donors (Lipinski definition) is 2. The largest absolute Gasteiger partial charge is 0.368 e. The lowest BCUT2D eigenvalue weighted by Gasteiger charge is -2.19. The molecule has 1 aromatic carbocycles. The van der Waals surface area contributed by atoms with E-state index < -0.39 is 11.9 Å². The molecule has 0 saturated carbocycles. The molecule has 3 N–H and O–H groups in total. The molecule has 0 aliphatic heterocycles. The van der Waals surface area contributed by atoms with Crippen LogP contribution in [0.3, 0.4) is 0 Å². The number of carbonyl (C=O) groups is 1. The molecular weight excluding hydrogens is 318 g/mol. The van der Waals surface area contributed by atoms with E-state index in [2.05, 4.69) is 21.2 Å². The molecule has 1 unspecified atom stereocenters. The topological polar surface area (TPSA) is 58.4 Å². The predicted molar refractivity (Wildman–Crippen MR) is 77.6 cm³/mol. The summed E-state index contributed by atoms with van der Waals surface area (Å²) in [6.45, 7) is 1.49. The van der Waals surface area contributed by atoms with Crippen LogP contribution in [-0.4, -0.2) is 38.0 Å². The van der Waals surface area contributed by atoms with Crippen molar-refractivity contribution in [2.75, 3.05) is 27.2 Å². The van der Waals surface area contributed by atoms with E-state index in [0.29, 0.717) is 11.6 Å². The van der Waals surface area contributed by atoms with E-state index >= 15 is 0 Å². The van der Waals surface area contributed by atoms with Gasteiger partial charge in [-0.1, -0.05) is 27.5 Å². The number of amides is 1. The van der Waals surface area contributed by atoms with Crippen LogP contribution >= 0.6 is 27.5 Å². The molecule has 1 atom stereocenters. The van der Waals surface area contributed by atoms with Crippen molar-refractivity contribution in [1.29, 1.82) is 0 Å². The van der Waals surface area contributed by atoms with Crippen LogP contribution in [0.4, 0.5) is 0 Å². The molecule has 0 aliphatic carbocycles. The number of carbonyl (C=O) groups excluding carboxylic acids is 1. The van der Waals surface area contributed by atoms with Crippen LogP contribution in [0.2, 0.25) is 5.02 Å². The van der Waals surface area contributed by atoms with Crippen LogP contribution < -0.4 is 11.1 Å². The highest BCUT2D eigenvalue weighted by Crippen LogP contribution is 2.26. The summed E-state index contributed by atoms with van der Waals surface area (Å²) >= 11 is 9.34. The first-order valence-electron chi connectivity index (χ1n) is 5.54. The third-order valence-electron chi connectivity index (χ3n) is 2.46. The Morgan fingerprint density at radius 2 is 2.22 bits per heavy atom. The lowest BCUT2D eigenvalue weighted by atomic mass is 10.1. The smallest absolute Gasteiger partial charge is 0.239 e. The number of nitrogens with zero attached hydrogens (tertiary/aromatic N) is 1. The zero-order valence-electron chi connectivity index (χ0n) is 10.4. The Balaban J connectivity index is 2.84. The number of rotatable bonds is 6. The third kappa shape index (κ3) is 4.57. The Kier molecular flexibility index (Phi) is 6.08. The van der Waals surface area contributed by atoms with Gasteiger partial charge in [-0.15, -0.1) is 0 Å². The molecule has 100 valence electrons. The Morgan fingerprint density at radius 1 is 1.56 bits per heavy atom. The molecule has 0 radical (unpaired) electrons. The molecule has 6 heteroatoms. The maximum Gasteiger partial charge on any atom is 0.239 e. The highest BCUT2D eigenvalue weighted by atomic mass is 79.9. The summed E-state index contributed by atoms with van der Waals surface area (Å²) in [4.78, 5) is 13.5. The van der Waals surface area contributed by atoms with Gasteiger partial charge in [-0.2, -0.15) is 0 Å². The van der Waals surface area contributed by atoms with Gasteiger partial charge in [-0.25, -0.2) is 0 Å². The van der Waals surface area contributed by atoms with Crippen molar-refractivity contribution in [2.45, 2.75) is 6.04 Å². The summed E-state index contributed by atoms with van der Waals surface area (Å²) in [5.74, 6) is -0.420. The maximum absolute atomic E-state index is 11.5. The summed E-state index contributed by atoms with van der Waals surface area (Å²) in [7, 11) is 3.94. The van der Waals surface area contributed by atoms with Crippen LogP contribution in [0, 0.1) is 0 Å². The average molecular weight is 335 g/mol. The average Bonchev–Trinajstić information content (AvgIpc) is 2.27. The molecule has 0 aliphatic rings. The van der Waals surface area contributed by atoms with Gasteiger partial charge in [0.2, 0.25) is 5.91 Å². The molecule has 18 heavy (non-hydrogen) atoms. The molecular formula is C12H17BrClN3O. The van der Waals surface area contributed by atoms with Gasteiger partial charge in [0, 0.05) is 22.6 Å². The van der Waals surface area contributed by atoms with Gasteiger partial charge < -0.3 is 16.0 Å². The van der Waals surface area contributed by atoms with Crippen molar-refractivity contribution < 1.29 is 4.79 Å². The normalized spacial score (nSPS) is 12.7. The number of primary amides is 1. The third-order valence-corrected chi connectivity index (χ3v) is 3.42. The fourth-order valence-electron chi connectivity index (χ4n) is 1.53. The van der Waals surface area contributed by atoms with Crippen LogP contribution in [0.1, 0.15) is 11.6 Å². The van der Waals surface area contributed by atoms with Gasteiger partial charge in [-0.05, 0) is 37.9 Å². The SMILES string of the molecule is CN(C)CCNC(C(N)=O)c1cc(Cl)ccc1Br. The monoisotopic (exact) mass is 333 g/mol. The van der Waals surface area contributed by atoms with Crippen molar-refractivity contribution in [3.8, 4) is 0 Å². The summed E-state index contributed by atoms with van der Waals surface area (Å²) in [5.41, 5.74) is 6.18. The van der Waals surface area contributed by atoms with Gasteiger partial charge in [0.1, 0.15) is 6.04 Å². The Hall–Kier alpha value is -0.620. The molecule has 4 nitrogen and oxygen atoms in total. The number of benzene rings is 1. The molecule has 1 rings (SSSR count). The zero-order chi connectivity index (χ0) is 13.7. The van der Waals surface area contributed by atoms with E-state index in [9.17, 15) is 4.79 Å². The number of hydrogen-bond acceptors (Lipinski definition) is 3. The molecule has 1 amide bonds. The summed E-state index contributed by atoms with van der Waals surface area (Å²) in [6, 6.07) is 4.76. The van der Waals surface area contributed by atoms with Crippen molar-refractivity contribution in [2.24, 2.45) is 5.73 Å². The first-order valence-corrected chi connectivity index (χ1v) is 6.71. The second-order valence-electron chi connectivity index (χ2n) is 4.26. The number of nitrogens with two attached hydrogens (primary N) is 1. The minimum atomic E-state index is -0.543.